The lowest BCUT2D eigenvalue weighted by Gasteiger charge is -2.12. The average Bonchev–Trinajstić information content (AvgIpc) is 4.16. The summed E-state index contributed by atoms with van der Waals surface area (Å²) in [5.41, 5.74) is 3.05. The minimum Gasteiger partial charge on any atom is -0.495 e. The van der Waals surface area contributed by atoms with Crippen LogP contribution in [0.3, 0.4) is 0 Å². The SMILES string of the molecule is C=CC(=O)Nc1cn(C)nc1Cc1cc2cc(C(=O)Cc3c(F)c(OC)cc(OC)c3Cl)sc2cn1.C=CC(=O)Nc1cn(C)nc1Cc1ncc2sc(C(=O)Cc3c(F)c(OC)cc(OC)c3F)cc2n1. The summed E-state index contributed by atoms with van der Waals surface area (Å²) in [5.74, 6) is -3.96. The van der Waals surface area contributed by atoms with E-state index in [1.807, 2.05) is 6.07 Å². The Hall–Kier alpha value is -7.95. The number of halogens is 4. The molecule has 8 rings (SSSR count). The van der Waals surface area contributed by atoms with Crippen molar-refractivity contribution in [1.82, 2.24) is 34.5 Å². The standard InChI is InChI=1S/C25H22ClFN4O4S.C24H21F2N5O4S/c1-5-23(33)29-17-12-31(2)30-16(17)8-14-6-13-7-21(36-22(13)11-28-14)18(32)9-15-24(26)19(34-3)10-20(35-4)25(15)27;1-5-22(33)29-15-11-31(2)30-13(15)8-21-27-10-20-14(28-21)7-19(36-20)16(32)6-12-23(25)17(34-3)9-18(35-4)24(12)26/h5-7,10-12H,1,8-9H2,2-4H3,(H,29,33);5,7,9-11H,1,6,8H2,2-4H3,(H,29,33). The van der Waals surface area contributed by atoms with Crippen molar-refractivity contribution in [2.45, 2.75) is 25.7 Å². The zero-order chi connectivity index (χ0) is 52.0. The number of thiophene rings is 2. The van der Waals surface area contributed by atoms with Crippen LogP contribution in [-0.2, 0) is 49.4 Å². The first-order valence-electron chi connectivity index (χ1n) is 21.3. The molecule has 72 heavy (non-hydrogen) atoms. The molecule has 0 saturated heterocycles. The number of ether oxygens (including phenoxy) is 4. The lowest BCUT2D eigenvalue weighted by atomic mass is 10.1. The second kappa shape index (κ2) is 22.4. The molecule has 0 saturated carbocycles. The van der Waals surface area contributed by atoms with Crippen LogP contribution in [0.25, 0.3) is 20.3 Å². The molecule has 372 valence electrons. The average molecular weight is 1040 g/mol. The van der Waals surface area contributed by atoms with Crippen LogP contribution in [0.15, 0.2) is 80.4 Å². The van der Waals surface area contributed by atoms with Crippen LogP contribution in [-0.4, -0.2) is 86.3 Å². The number of nitrogens with one attached hydrogen (secondary N) is 2. The van der Waals surface area contributed by atoms with E-state index in [1.165, 1.54) is 51.9 Å². The highest BCUT2D eigenvalue weighted by Gasteiger charge is 2.25. The van der Waals surface area contributed by atoms with Crippen LogP contribution in [0.2, 0.25) is 5.02 Å². The summed E-state index contributed by atoms with van der Waals surface area (Å²) in [6, 6.07) is 7.59. The molecule has 0 aliphatic heterocycles. The highest BCUT2D eigenvalue weighted by Crippen LogP contribution is 2.38. The third-order valence-corrected chi connectivity index (χ3v) is 13.3. The molecule has 0 atom stereocenters. The van der Waals surface area contributed by atoms with E-state index >= 15 is 0 Å². The number of fused-ring (bicyclic) bond motifs is 2. The van der Waals surface area contributed by atoms with Crippen molar-refractivity contribution in [2.24, 2.45) is 14.1 Å². The van der Waals surface area contributed by atoms with Crippen molar-refractivity contribution in [3.8, 4) is 23.0 Å². The van der Waals surface area contributed by atoms with E-state index in [0.29, 0.717) is 55.8 Å². The van der Waals surface area contributed by atoms with Gasteiger partial charge >= 0.3 is 0 Å². The summed E-state index contributed by atoms with van der Waals surface area (Å²) >= 11 is 8.67. The molecule has 6 heterocycles. The summed E-state index contributed by atoms with van der Waals surface area (Å²) in [6.45, 7) is 6.90. The number of aromatic nitrogens is 7. The predicted molar refractivity (Wildman–Crippen MR) is 267 cm³/mol. The Morgan fingerprint density at radius 3 is 1.71 bits per heavy atom. The third kappa shape index (κ3) is 11.5. The fourth-order valence-corrected chi connectivity index (χ4v) is 9.37. The normalized spacial score (nSPS) is 10.9. The number of hydrogen-bond donors (Lipinski definition) is 2. The molecule has 6 aromatic heterocycles. The summed E-state index contributed by atoms with van der Waals surface area (Å²) in [5, 5.41) is 15.0. The Bertz CT molecular complexity index is 3160. The van der Waals surface area contributed by atoms with Crippen LogP contribution in [0, 0.1) is 17.5 Å². The number of methoxy groups -OCH3 is 4. The zero-order valence-corrected chi connectivity index (χ0v) is 41.7. The van der Waals surface area contributed by atoms with Gasteiger partial charge < -0.3 is 29.6 Å². The number of aryl methyl sites for hydroxylation is 2. The molecule has 2 amide bonds. The lowest BCUT2D eigenvalue weighted by Crippen LogP contribution is -2.09. The number of carbonyl (C=O) groups excluding carboxylic acids is 4. The predicted octanol–water partition coefficient (Wildman–Crippen LogP) is 8.84. The fraction of sp³-hybridized carbons (Fsp3) is 0.204. The molecule has 2 N–H and O–H groups in total. The van der Waals surface area contributed by atoms with E-state index in [2.05, 4.69) is 48.9 Å². The minimum atomic E-state index is -0.956. The molecule has 0 bridgehead atoms. The molecular weight excluding hydrogens is 999 g/mol. The fourth-order valence-electron chi connectivity index (χ4n) is 7.23. The molecule has 0 radical (unpaired) electrons. The smallest absolute Gasteiger partial charge is 0.247 e. The highest BCUT2D eigenvalue weighted by molar-refractivity contribution is 7.21. The number of anilines is 2. The molecule has 0 aliphatic carbocycles. The molecule has 0 unspecified atom stereocenters. The molecule has 23 heteroatoms. The number of amides is 2. The van der Waals surface area contributed by atoms with Crippen LogP contribution in [0.1, 0.15) is 53.4 Å². The second-order valence-corrected chi connectivity index (χ2v) is 18.1. The van der Waals surface area contributed by atoms with Gasteiger partial charge in [-0.25, -0.2) is 23.1 Å². The first kappa shape index (κ1) is 51.9. The Morgan fingerprint density at radius 2 is 1.15 bits per heavy atom. The minimum absolute atomic E-state index is 0.0124. The Morgan fingerprint density at radius 1 is 0.667 bits per heavy atom. The maximum atomic E-state index is 14.9. The molecule has 0 spiro atoms. The molecule has 2 aromatic carbocycles. The van der Waals surface area contributed by atoms with Crippen LogP contribution < -0.4 is 29.6 Å². The number of rotatable bonds is 18. The van der Waals surface area contributed by atoms with Crippen molar-refractivity contribution in [3.05, 3.63) is 147 Å². The maximum Gasteiger partial charge on any atom is 0.247 e. The highest BCUT2D eigenvalue weighted by atomic mass is 35.5. The lowest BCUT2D eigenvalue weighted by molar-refractivity contribution is -0.112. The summed E-state index contributed by atoms with van der Waals surface area (Å²) in [4.78, 5) is 63.4. The van der Waals surface area contributed by atoms with Gasteiger partial charge in [-0.3, -0.25) is 33.5 Å². The van der Waals surface area contributed by atoms with E-state index in [9.17, 15) is 32.3 Å². The Labute approximate surface area is 421 Å². The molecule has 8 aromatic rings. The topological polar surface area (TPSA) is 204 Å². The molecule has 0 aliphatic rings. The van der Waals surface area contributed by atoms with E-state index in [4.69, 9.17) is 30.5 Å². The first-order valence-corrected chi connectivity index (χ1v) is 23.3. The van der Waals surface area contributed by atoms with Gasteiger partial charge in [0.05, 0.1) is 87.3 Å². The van der Waals surface area contributed by atoms with E-state index < -0.39 is 35.2 Å². The van der Waals surface area contributed by atoms with Gasteiger partial charge in [-0.2, -0.15) is 10.2 Å². The maximum absolute atomic E-state index is 14.9. The monoisotopic (exact) mass is 1040 g/mol. The van der Waals surface area contributed by atoms with Gasteiger partial charge in [0.2, 0.25) is 11.8 Å². The van der Waals surface area contributed by atoms with E-state index in [0.717, 1.165) is 33.6 Å². The van der Waals surface area contributed by atoms with Crippen molar-refractivity contribution in [3.63, 3.8) is 0 Å². The van der Waals surface area contributed by atoms with Gasteiger partial charge in [0.15, 0.2) is 46.3 Å². The number of nitrogens with zero attached hydrogens (tertiary/aromatic N) is 7. The van der Waals surface area contributed by atoms with Crippen LogP contribution >= 0.6 is 34.3 Å². The third-order valence-electron chi connectivity index (χ3n) is 10.7. The molecule has 17 nitrogen and oxygen atoms in total. The Balaban J connectivity index is 0.000000211. The van der Waals surface area contributed by atoms with Crippen molar-refractivity contribution in [2.75, 3.05) is 39.1 Å². The van der Waals surface area contributed by atoms with Gasteiger partial charge in [-0.05, 0) is 35.7 Å². The summed E-state index contributed by atoms with van der Waals surface area (Å²) in [6.07, 6.45) is 8.75. The van der Waals surface area contributed by atoms with Gasteiger partial charge in [0, 0.05) is 87.1 Å². The number of carbonyl (C=O) groups is 4. The van der Waals surface area contributed by atoms with Crippen LogP contribution in [0.4, 0.5) is 24.5 Å². The van der Waals surface area contributed by atoms with Gasteiger partial charge in [0.25, 0.3) is 0 Å². The zero-order valence-electron chi connectivity index (χ0n) is 39.3. The van der Waals surface area contributed by atoms with Gasteiger partial charge in [0.1, 0.15) is 11.6 Å². The molecular formula is C49H43ClF3N9O8S2. The quantitative estimate of drug-likeness (QED) is 0.0610. The summed E-state index contributed by atoms with van der Waals surface area (Å²) < 4.78 is 69.0. The number of Topliss-reactive ketones (excluding diaryl/α,β-unsaturated/α-hetero) is 2. The van der Waals surface area contributed by atoms with Crippen LogP contribution in [0.5, 0.6) is 23.0 Å². The van der Waals surface area contributed by atoms with Gasteiger partial charge in [-0.1, -0.05) is 24.8 Å². The summed E-state index contributed by atoms with van der Waals surface area (Å²) in [7, 11) is 8.69. The molecule has 0 fully saturated rings. The number of benzene rings is 2. The van der Waals surface area contributed by atoms with Crippen molar-refractivity contribution >= 4 is 89.3 Å². The van der Waals surface area contributed by atoms with Crippen molar-refractivity contribution < 1.29 is 51.3 Å². The van der Waals surface area contributed by atoms with Gasteiger partial charge in [-0.15, -0.1) is 22.7 Å². The second-order valence-electron chi connectivity index (χ2n) is 15.5. The van der Waals surface area contributed by atoms with E-state index in [-0.39, 0.29) is 68.9 Å². The van der Waals surface area contributed by atoms with E-state index in [1.54, 1.807) is 60.4 Å². The largest absolute Gasteiger partial charge is 0.495 e. The number of hydrogen-bond acceptors (Lipinski definition) is 15. The number of pyridine rings is 1. The number of ketones is 2. The van der Waals surface area contributed by atoms with Crippen molar-refractivity contribution in [1.29, 1.82) is 0 Å². The Kier molecular flexibility index (Phi) is 16.2. The first-order chi connectivity index (χ1) is 34.5.